The zero-order valence-electron chi connectivity index (χ0n) is 9.00. The Morgan fingerprint density at radius 3 is 2.56 bits per heavy atom. The van der Waals surface area contributed by atoms with E-state index in [9.17, 15) is 4.79 Å². The zero-order valence-corrected chi connectivity index (χ0v) is 9.00. The molecule has 3 unspecified atom stereocenters. The van der Waals surface area contributed by atoms with E-state index in [4.69, 9.17) is 4.74 Å². The van der Waals surface area contributed by atoms with E-state index < -0.39 is 0 Å². The maximum absolute atomic E-state index is 11.8. The first-order valence-corrected chi connectivity index (χ1v) is 5.77. The van der Waals surface area contributed by atoms with Crippen molar-refractivity contribution in [2.24, 2.45) is 11.8 Å². The molecule has 1 fully saturated rings. The van der Waals surface area contributed by atoms with Crippen molar-refractivity contribution in [3.63, 3.8) is 0 Å². The Morgan fingerprint density at radius 1 is 1.12 bits per heavy atom. The number of rotatable bonds is 2. The quantitative estimate of drug-likeness (QED) is 0.559. The van der Waals surface area contributed by atoms with Gasteiger partial charge in [0.1, 0.15) is 6.10 Å². The molecular weight excluding hydrogens is 200 g/mol. The standard InChI is InChI=1S/C14H14O2/c15-14(11-4-2-1-3-5-11)16-13-9-10-6-7-12(13)8-10/h1-7,10,12-13H,8-9H2. The molecule has 0 aliphatic heterocycles. The van der Waals surface area contributed by atoms with Crippen molar-refractivity contribution in [1.29, 1.82) is 0 Å². The Hall–Kier alpha value is -1.57. The molecule has 0 heterocycles. The third-order valence-corrected chi connectivity index (χ3v) is 3.49. The van der Waals surface area contributed by atoms with Crippen molar-refractivity contribution in [3.05, 3.63) is 48.0 Å². The molecule has 1 aromatic rings. The summed E-state index contributed by atoms with van der Waals surface area (Å²) in [5, 5.41) is 0. The molecule has 16 heavy (non-hydrogen) atoms. The van der Waals surface area contributed by atoms with Crippen LogP contribution in [-0.4, -0.2) is 12.1 Å². The number of hydrogen-bond acceptors (Lipinski definition) is 2. The predicted octanol–water partition coefficient (Wildman–Crippen LogP) is 2.81. The van der Waals surface area contributed by atoms with Gasteiger partial charge in [-0.05, 0) is 30.9 Å². The highest BCUT2D eigenvalue weighted by Gasteiger charge is 2.38. The van der Waals surface area contributed by atoms with Gasteiger partial charge in [-0.1, -0.05) is 30.4 Å². The van der Waals surface area contributed by atoms with Gasteiger partial charge < -0.3 is 4.74 Å². The van der Waals surface area contributed by atoms with Gasteiger partial charge in [0.15, 0.2) is 0 Å². The van der Waals surface area contributed by atoms with Crippen molar-refractivity contribution in [1.82, 2.24) is 0 Å². The fraction of sp³-hybridized carbons (Fsp3) is 0.357. The molecule has 2 bridgehead atoms. The van der Waals surface area contributed by atoms with E-state index in [1.807, 2.05) is 18.2 Å². The molecule has 0 spiro atoms. The van der Waals surface area contributed by atoms with Crippen LogP contribution in [0.2, 0.25) is 0 Å². The van der Waals surface area contributed by atoms with Gasteiger partial charge in [-0.15, -0.1) is 0 Å². The SMILES string of the molecule is O=C(OC1CC2C=CC1C2)c1ccccc1. The van der Waals surface area contributed by atoms with E-state index in [1.165, 1.54) is 0 Å². The maximum Gasteiger partial charge on any atom is 0.338 e. The lowest BCUT2D eigenvalue weighted by atomic mass is 10.0. The molecule has 2 aliphatic carbocycles. The highest BCUT2D eigenvalue weighted by atomic mass is 16.5. The van der Waals surface area contributed by atoms with Crippen molar-refractivity contribution >= 4 is 5.97 Å². The van der Waals surface area contributed by atoms with E-state index in [0.29, 0.717) is 17.4 Å². The van der Waals surface area contributed by atoms with Crippen molar-refractivity contribution in [3.8, 4) is 0 Å². The second-order valence-electron chi connectivity index (χ2n) is 4.59. The summed E-state index contributed by atoms with van der Waals surface area (Å²) < 4.78 is 5.54. The minimum absolute atomic E-state index is 0.0997. The lowest BCUT2D eigenvalue weighted by Gasteiger charge is -2.18. The summed E-state index contributed by atoms with van der Waals surface area (Å²) >= 11 is 0. The van der Waals surface area contributed by atoms with Gasteiger partial charge in [0.25, 0.3) is 0 Å². The molecule has 0 aromatic heterocycles. The van der Waals surface area contributed by atoms with Gasteiger partial charge in [0, 0.05) is 5.92 Å². The Kier molecular flexibility index (Phi) is 2.28. The zero-order chi connectivity index (χ0) is 11.0. The van der Waals surface area contributed by atoms with Gasteiger partial charge in [-0.2, -0.15) is 0 Å². The maximum atomic E-state index is 11.8. The molecule has 2 heteroatoms. The molecule has 2 aliphatic rings. The van der Waals surface area contributed by atoms with Crippen LogP contribution in [0.15, 0.2) is 42.5 Å². The van der Waals surface area contributed by atoms with Crippen LogP contribution in [0.5, 0.6) is 0 Å². The van der Waals surface area contributed by atoms with E-state index in [-0.39, 0.29) is 12.1 Å². The third kappa shape index (κ3) is 1.64. The van der Waals surface area contributed by atoms with E-state index >= 15 is 0 Å². The molecule has 2 nitrogen and oxygen atoms in total. The van der Waals surface area contributed by atoms with E-state index in [2.05, 4.69) is 12.2 Å². The number of fused-ring (bicyclic) bond motifs is 2. The number of esters is 1. The van der Waals surface area contributed by atoms with Crippen molar-refractivity contribution < 1.29 is 9.53 Å². The van der Waals surface area contributed by atoms with Crippen molar-refractivity contribution in [2.45, 2.75) is 18.9 Å². The predicted molar refractivity (Wildman–Crippen MR) is 61.0 cm³/mol. The molecule has 1 aromatic carbocycles. The van der Waals surface area contributed by atoms with Gasteiger partial charge in [-0.3, -0.25) is 0 Å². The van der Waals surface area contributed by atoms with Crippen LogP contribution in [0.1, 0.15) is 23.2 Å². The number of carbonyl (C=O) groups excluding carboxylic acids is 1. The molecule has 0 N–H and O–H groups in total. The van der Waals surface area contributed by atoms with E-state index in [0.717, 1.165) is 12.8 Å². The van der Waals surface area contributed by atoms with E-state index in [1.54, 1.807) is 12.1 Å². The normalized spacial score (nSPS) is 30.6. The summed E-state index contributed by atoms with van der Waals surface area (Å²) in [6.45, 7) is 0. The average molecular weight is 214 g/mol. The molecule has 0 radical (unpaired) electrons. The van der Waals surface area contributed by atoms with Crippen LogP contribution >= 0.6 is 0 Å². The van der Waals surface area contributed by atoms with Gasteiger partial charge in [0.05, 0.1) is 5.56 Å². The number of hydrogen-bond donors (Lipinski definition) is 0. The Bertz CT molecular complexity index is 422. The van der Waals surface area contributed by atoms with Crippen molar-refractivity contribution in [2.75, 3.05) is 0 Å². The molecule has 3 rings (SSSR count). The highest BCUT2D eigenvalue weighted by molar-refractivity contribution is 5.89. The number of ether oxygens (including phenoxy) is 1. The second-order valence-corrected chi connectivity index (χ2v) is 4.59. The Labute approximate surface area is 94.9 Å². The fourth-order valence-corrected chi connectivity index (χ4v) is 2.65. The largest absolute Gasteiger partial charge is 0.458 e. The summed E-state index contributed by atoms with van der Waals surface area (Å²) in [5.41, 5.74) is 0.647. The summed E-state index contributed by atoms with van der Waals surface area (Å²) in [6.07, 6.45) is 6.70. The lowest BCUT2D eigenvalue weighted by Crippen LogP contribution is -2.22. The molecule has 82 valence electrons. The van der Waals surface area contributed by atoms with Crippen LogP contribution in [0.4, 0.5) is 0 Å². The first kappa shape index (κ1) is 9.64. The second kappa shape index (κ2) is 3.78. The lowest BCUT2D eigenvalue weighted by molar-refractivity contribution is 0.0242. The molecule has 3 atom stereocenters. The van der Waals surface area contributed by atoms with Crippen LogP contribution in [0, 0.1) is 11.8 Å². The monoisotopic (exact) mass is 214 g/mol. The summed E-state index contributed by atoms with van der Waals surface area (Å²) in [6, 6.07) is 9.21. The van der Waals surface area contributed by atoms with Crippen LogP contribution < -0.4 is 0 Å². The van der Waals surface area contributed by atoms with Crippen LogP contribution in [0.25, 0.3) is 0 Å². The summed E-state index contributed by atoms with van der Waals surface area (Å²) in [5.74, 6) is 0.905. The Balaban J connectivity index is 1.68. The Morgan fingerprint density at radius 2 is 1.94 bits per heavy atom. The van der Waals surface area contributed by atoms with Gasteiger partial charge in [0.2, 0.25) is 0 Å². The summed E-state index contributed by atoms with van der Waals surface area (Å²) in [4.78, 5) is 11.8. The topological polar surface area (TPSA) is 26.3 Å². The van der Waals surface area contributed by atoms with Crippen LogP contribution in [-0.2, 0) is 4.74 Å². The average Bonchev–Trinajstić information content (AvgIpc) is 2.92. The molecule has 0 saturated heterocycles. The summed E-state index contributed by atoms with van der Waals surface area (Å²) in [7, 11) is 0. The number of benzene rings is 1. The van der Waals surface area contributed by atoms with Gasteiger partial charge >= 0.3 is 5.97 Å². The smallest absolute Gasteiger partial charge is 0.338 e. The molecular formula is C14H14O2. The molecule has 1 saturated carbocycles. The third-order valence-electron chi connectivity index (χ3n) is 3.49. The molecule has 0 amide bonds. The highest BCUT2D eigenvalue weighted by Crippen LogP contribution is 2.40. The number of allylic oxidation sites excluding steroid dienone is 1. The minimum atomic E-state index is -0.188. The van der Waals surface area contributed by atoms with Gasteiger partial charge in [-0.25, -0.2) is 4.79 Å². The number of carbonyl (C=O) groups is 1. The minimum Gasteiger partial charge on any atom is -0.458 e. The first-order chi connectivity index (χ1) is 7.83. The first-order valence-electron chi connectivity index (χ1n) is 5.77. The fourth-order valence-electron chi connectivity index (χ4n) is 2.65. The van der Waals surface area contributed by atoms with Crippen LogP contribution in [0.3, 0.4) is 0 Å².